The second-order valence-electron chi connectivity index (χ2n) is 5.19. The van der Waals surface area contributed by atoms with E-state index in [0.717, 1.165) is 15.7 Å². The molecule has 24 heavy (non-hydrogen) atoms. The van der Waals surface area contributed by atoms with Crippen molar-refractivity contribution in [3.63, 3.8) is 0 Å². The highest BCUT2D eigenvalue weighted by atomic mass is 79.9. The molecule has 0 saturated carbocycles. The summed E-state index contributed by atoms with van der Waals surface area (Å²) in [5.41, 5.74) is 2.24. The van der Waals surface area contributed by atoms with Crippen molar-refractivity contribution in [2.24, 2.45) is 5.16 Å². The van der Waals surface area contributed by atoms with Crippen LogP contribution in [0.3, 0.4) is 0 Å². The molecular formula is C17H14BrClN2O3. The molecule has 5 nitrogen and oxygen atoms in total. The maximum absolute atomic E-state index is 12.3. The summed E-state index contributed by atoms with van der Waals surface area (Å²) in [6.45, 7) is 0. The smallest absolute Gasteiger partial charge is 0.268 e. The minimum atomic E-state index is -0.667. The van der Waals surface area contributed by atoms with E-state index < -0.39 is 6.10 Å². The molecular weight excluding hydrogens is 396 g/mol. The predicted octanol–water partition coefficient (Wildman–Crippen LogP) is 4.24. The molecule has 3 rings (SSSR count). The van der Waals surface area contributed by atoms with E-state index in [2.05, 4.69) is 26.4 Å². The second kappa shape index (κ2) is 7.23. The standard InChI is InChI=1S/C17H14BrClN2O3/c1-23-15-6-5-12(8-13(15)19)20-17(22)16-9-14(21-24-16)10-3-2-4-11(18)7-10/h2-8,16H,9H2,1H3,(H,20,22). The van der Waals surface area contributed by atoms with E-state index in [9.17, 15) is 4.79 Å². The quantitative estimate of drug-likeness (QED) is 0.821. The Labute approximate surface area is 152 Å². The van der Waals surface area contributed by atoms with E-state index in [1.165, 1.54) is 7.11 Å². The Morgan fingerprint density at radius 3 is 2.92 bits per heavy atom. The van der Waals surface area contributed by atoms with E-state index in [0.29, 0.717) is 22.9 Å². The first-order valence-electron chi connectivity index (χ1n) is 7.20. The van der Waals surface area contributed by atoms with Crippen molar-refractivity contribution in [3.05, 3.63) is 57.5 Å². The van der Waals surface area contributed by atoms with Gasteiger partial charge in [-0.25, -0.2) is 0 Å². The summed E-state index contributed by atoms with van der Waals surface area (Å²) in [5, 5.41) is 7.22. The molecule has 0 fully saturated rings. The third-order valence-corrected chi connectivity index (χ3v) is 4.33. The van der Waals surface area contributed by atoms with Crippen molar-refractivity contribution in [1.82, 2.24) is 0 Å². The lowest BCUT2D eigenvalue weighted by atomic mass is 10.0. The number of hydrogen-bond acceptors (Lipinski definition) is 4. The molecule has 1 N–H and O–H groups in total. The van der Waals surface area contributed by atoms with Crippen molar-refractivity contribution >= 4 is 44.8 Å². The lowest BCUT2D eigenvalue weighted by Crippen LogP contribution is -2.28. The van der Waals surface area contributed by atoms with Gasteiger partial charge in [0, 0.05) is 22.1 Å². The zero-order valence-electron chi connectivity index (χ0n) is 12.8. The Kier molecular flexibility index (Phi) is 5.06. The van der Waals surface area contributed by atoms with Gasteiger partial charge in [0.25, 0.3) is 5.91 Å². The monoisotopic (exact) mass is 408 g/mol. The molecule has 0 bridgehead atoms. The molecule has 1 aliphatic heterocycles. The van der Waals surface area contributed by atoms with Crippen molar-refractivity contribution in [2.45, 2.75) is 12.5 Å². The van der Waals surface area contributed by atoms with Gasteiger partial charge in [-0.2, -0.15) is 0 Å². The van der Waals surface area contributed by atoms with Gasteiger partial charge >= 0.3 is 0 Å². The number of benzene rings is 2. The van der Waals surface area contributed by atoms with Gasteiger partial charge in [-0.1, -0.05) is 44.8 Å². The number of oxime groups is 1. The molecule has 7 heteroatoms. The Balaban J connectivity index is 1.64. The van der Waals surface area contributed by atoms with Gasteiger partial charge in [-0.3, -0.25) is 4.79 Å². The van der Waals surface area contributed by atoms with Crippen LogP contribution in [0.25, 0.3) is 0 Å². The highest BCUT2D eigenvalue weighted by molar-refractivity contribution is 9.10. The number of rotatable bonds is 4. The van der Waals surface area contributed by atoms with Gasteiger partial charge in [-0.15, -0.1) is 0 Å². The molecule has 0 saturated heterocycles. The van der Waals surface area contributed by atoms with E-state index >= 15 is 0 Å². The maximum Gasteiger partial charge on any atom is 0.268 e. The number of halogens is 2. The molecule has 1 heterocycles. The zero-order valence-corrected chi connectivity index (χ0v) is 15.1. The van der Waals surface area contributed by atoms with Crippen LogP contribution >= 0.6 is 27.5 Å². The summed E-state index contributed by atoms with van der Waals surface area (Å²) in [6.07, 6.45) is -0.258. The Morgan fingerprint density at radius 2 is 2.21 bits per heavy atom. The second-order valence-corrected chi connectivity index (χ2v) is 6.51. The van der Waals surface area contributed by atoms with Crippen LogP contribution < -0.4 is 10.1 Å². The van der Waals surface area contributed by atoms with Gasteiger partial charge in [-0.05, 0) is 30.3 Å². The van der Waals surface area contributed by atoms with Gasteiger partial charge < -0.3 is 14.9 Å². The van der Waals surface area contributed by atoms with Gasteiger partial charge in [0.2, 0.25) is 6.10 Å². The number of anilines is 1. The molecule has 124 valence electrons. The van der Waals surface area contributed by atoms with Crippen molar-refractivity contribution in [1.29, 1.82) is 0 Å². The largest absolute Gasteiger partial charge is 0.495 e. The lowest BCUT2D eigenvalue weighted by molar-refractivity contribution is -0.125. The Bertz CT molecular complexity index is 810. The molecule has 0 aliphatic carbocycles. The van der Waals surface area contributed by atoms with Crippen LogP contribution in [0.2, 0.25) is 5.02 Å². The summed E-state index contributed by atoms with van der Waals surface area (Å²) >= 11 is 9.47. The number of ether oxygens (including phenoxy) is 1. The van der Waals surface area contributed by atoms with Crippen molar-refractivity contribution in [2.75, 3.05) is 12.4 Å². The minimum absolute atomic E-state index is 0.273. The van der Waals surface area contributed by atoms with Crippen LogP contribution in [0.4, 0.5) is 5.69 Å². The first-order valence-corrected chi connectivity index (χ1v) is 8.37. The molecule has 1 amide bonds. The fourth-order valence-electron chi connectivity index (χ4n) is 2.32. The maximum atomic E-state index is 12.3. The zero-order chi connectivity index (χ0) is 17.1. The first-order chi connectivity index (χ1) is 11.6. The van der Waals surface area contributed by atoms with Crippen LogP contribution in [-0.2, 0) is 9.63 Å². The summed E-state index contributed by atoms with van der Waals surface area (Å²) in [5.74, 6) is 0.275. The normalized spacial score (nSPS) is 16.3. The molecule has 2 aromatic rings. The van der Waals surface area contributed by atoms with Crippen LogP contribution in [0, 0.1) is 0 Å². The van der Waals surface area contributed by atoms with E-state index in [1.807, 2.05) is 24.3 Å². The average Bonchev–Trinajstić information content (AvgIpc) is 3.05. The van der Waals surface area contributed by atoms with Crippen molar-refractivity contribution < 1.29 is 14.4 Å². The van der Waals surface area contributed by atoms with Crippen molar-refractivity contribution in [3.8, 4) is 5.75 Å². The average molecular weight is 410 g/mol. The predicted molar refractivity (Wildman–Crippen MR) is 96.8 cm³/mol. The molecule has 0 aromatic heterocycles. The van der Waals surface area contributed by atoms with Gasteiger partial charge in [0.15, 0.2) is 0 Å². The third-order valence-electron chi connectivity index (χ3n) is 3.54. The van der Waals surface area contributed by atoms with Crippen LogP contribution in [0.15, 0.2) is 52.1 Å². The Morgan fingerprint density at radius 1 is 1.38 bits per heavy atom. The van der Waals surface area contributed by atoms with Crippen LogP contribution in [0.1, 0.15) is 12.0 Å². The highest BCUT2D eigenvalue weighted by Gasteiger charge is 2.29. The summed E-state index contributed by atoms with van der Waals surface area (Å²) < 4.78 is 6.03. The van der Waals surface area contributed by atoms with Gasteiger partial charge in [0.1, 0.15) is 5.75 Å². The molecule has 2 aromatic carbocycles. The number of amides is 1. The van der Waals surface area contributed by atoms with Crippen LogP contribution in [-0.4, -0.2) is 24.8 Å². The summed E-state index contributed by atoms with van der Waals surface area (Å²) in [4.78, 5) is 17.6. The highest BCUT2D eigenvalue weighted by Crippen LogP contribution is 2.28. The molecule has 1 aliphatic rings. The summed E-state index contributed by atoms with van der Waals surface area (Å²) in [6, 6.07) is 12.7. The van der Waals surface area contributed by atoms with E-state index in [1.54, 1.807) is 18.2 Å². The third kappa shape index (κ3) is 3.71. The topological polar surface area (TPSA) is 59.9 Å². The van der Waals surface area contributed by atoms with Gasteiger partial charge in [0.05, 0.1) is 17.8 Å². The number of methoxy groups -OCH3 is 1. The summed E-state index contributed by atoms with van der Waals surface area (Å²) in [7, 11) is 1.53. The number of hydrogen-bond donors (Lipinski definition) is 1. The lowest BCUT2D eigenvalue weighted by Gasteiger charge is -2.11. The fraction of sp³-hybridized carbons (Fsp3) is 0.176. The van der Waals surface area contributed by atoms with E-state index in [4.69, 9.17) is 21.2 Å². The SMILES string of the molecule is COc1ccc(NC(=O)C2CC(c3cccc(Br)c3)=NO2)cc1Cl. The molecule has 0 radical (unpaired) electrons. The molecule has 1 unspecified atom stereocenters. The molecule has 0 spiro atoms. The number of nitrogens with zero attached hydrogens (tertiary/aromatic N) is 1. The number of nitrogens with one attached hydrogen (secondary N) is 1. The number of carbonyl (C=O) groups excluding carboxylic acids is 1. The fourth-order valence-corrected chi connectivity index (χ4v) is 2.98. The Hall–Kier alpha value is -2.05. The van der Waals surface area contributed by atoms with E-state index in [-0.39, 0.29) is 5.91 Å². The molecule has 1 atom stereocenters. The first kappa shape index (κ1) is 16.8. The number of carbonyl (C=O) groups is 1. The van der Waals surface area contributed by atoms with Crippen LogP contribution in [0.5, 0.6) is 5.75 Å². The minimum Gasteiger partial charge on any atom is -0.495 e.